The highest BCUT2D eigenvalue weighted by atomic mass is 19.1. The molecule has 0 bridgehead atoms. The van der Waals surface area contributed by atoms with E-state index in [1.54, 1.807) is 37.6 Å². The van der Waals surface area contributed by atoms with E-state index in [1.807, 2.05) is 19.9 Å². The molecule has 1 aliphatic rings. The molecule has 0 unspecified atom stereocenters. The standard InChI is InChI=1S/C16H15FN2O/c1-16(2)12-5-4-11(10-6-8-18-9-7-10)13(17)14(12)19(3)15(16)20/h4-9H,1-3H3. The summed E-state index contributed by atoms with van der Waals surface area (Å²) >= 11 is 0. The topological polar surface area (TPSA) is 33.2 Å². The highest BCUT2D eigenvalue weighted by molar-refractivity contribution is 6.07. The number of hydrogen-bond donors (Lipinski definition) is 0. The molecule has 0 spiro atoms. The van der Waals surface area contributed by atoms with Crippen LogP contribution in [0, 0.1) is 5.82 Å². The summed E-state index contributed by atoms with van der Waals surface area (Å²) in [5.41, 5.74) is 1.69. The van der Waals surface area contributed by atoms with Gasteiger partial charge in [-0.3, -0.25) is 9.78 Å². The molecular formula is C16H15FN2O. The SMILES string of the molecule is CN1C(=O)C(C)(C)c2ccc(-c3ccncc3)c(F)c21. The first-order valence-electron chi connectivity index (χ1n) is 6.46. The fourth-order valence-corrected chi connectivity index (χ4v) is 2.79. The lowest BCUT2D eigenvalue weighted by Crippen LogP contribution is -2.33. The molecule has 0 N–H and O–H groups in total. The first-order valence-corrected chi connectivity index (χ1v) is 6.46. The smallest absolute Gasteiger partial charge is 0.236 e. The van der Waals surface area contributed by atoms with Crippen molar-refractivity contribution in [1.29, 1.82) is 0 Å². The second-order valence-corrected chi connectivity index (χ2v) is 5.55. The van der Waals surface area contributed by atoms with Crippen molar-refractivity contribution in [2.75, 3.05) is 11.9 Å². The first kappa shape index (κ1) is 12.8. The Morgan fingerprint density at radius 3 is 2.45 bits per heavy atom. The van der Waals surface area contributed by atoms with Gasteiger partial charge < -0.3 is 4.90 Å². The van der Waals surface area contributed by atoms with Crippen LogP contribution in [-0.4, -0.2) is 17.9 Å². The van der Waals surface area contributed by atoms with Gasteiger partial charge in [0, 0.05) is 25.0 Å². The molecule has 1 aliphatic heterocycles. The minimum absolute atomic E-state index is 0.0849. The van der Waals surface area contributed by atoms with Crippen LogP contribution in [0.25, 0.3) is 11.1 Å². The van der Waals surface area contributed by atoms with Crippen molar-refractivity contribution >= 4 is 11.6 Å². The summed E-state index contributed by atoms with van der Waals surface area (Å²) in [6.07, 6.45) is 3.25. The molecular weight excluding hydrogens is 255 g/mol. The molecule has 0 saturated heterocycles. The maximum atomic E-state index is 14.8. The van der Waals surface area contributed by atoms with Crippen LogP contribution in [0.5, 0.6) is 0 Å². The fourth-order valence-electron chi connectivity index (χ4n) is 2.79. The number of aromatic nitrogens is 1. The van der Waals surface area contributed by atoms with Crippen LogP contribution < -0.4 is 4.90 Å². The van der Waals surface area contributed by atoms with Crippen molar-refractivity contribution in [3.63, 3.8) is 0 Å². The Kier molecular flexibility index (Phi) is 2.64. The normalized spacial score (nSPS) is 16.4. The number of carbonyl (C=O) groups excluding carboxylic acids is 1. The van der Waals surface area contributed by atoms with Crippen LogP contribution >= 0.6 is 0 Å². The van der Waals surface area contributed by atoms with Gasteiger partial charge in [-0.1, -0.05) is 12.1 Å². The molecule has 4 heteroatoms. The van der Waals surface area contributed by atoms with Gasteiger partial charge in [-0.05, 0) is 37.1 Å². The Labute approximate surface area is 117 Å². The van der Waals surface area contributed by atoms with Crippen LogP contribution in [0.2, 0.25) is 0 Å². The molecule has 1 aromatic heterocycles. The molecule has 0 fully saturated rings. The minimum Gasteiger partial charge on any atom is -0.312 e. The van der Waals surface area contributed by atoms with Gasteiger partial charge in [0.05, 0.1) is 11.1 Å². The van der Waals surface area contributed by atoms with Gasteiger partial charge in [0.25, 0.3) is 0 Å². The highest BCUT2D eigenvalue weighted by Gasteiger charge is 2.44. The van der Waals surface area contributed by atoms with E-state index in [1.165, 1.54) is 4.90 Å². The average molecular weight is 270 g/mol. The van der Waals surface area contributed by atoms with E-state index in [4.69, 9.17) is 0 Å². The third-order valence-electron chi connectivity index (χ3n) is 3.96. The average Bonchev–Trinajstić information content (AvgIpc) is 2.62. The van der Waals surface area contributed by atoms with Crippen molar-refractivity contribution in [1.82, 2.24) is 4.98 Å². The number of fused-ring (bicyclic) bond motifs is 1. The van der Waals surface area contributed by atoms with Gasteiger partial charge in [0.15, 0.2) is 5.82 Å². The zero-order valence-electron chi connectivity index (χ0n) is 11.6. The van der Waals surface area contributed by atoms with E-state index in [2.05, 4.69) is 4.98 Å². The van der Waals surface area contributed by atoms with E-state index in [-0.39, 0.29) is 11.7 Å². The number of benzene rings is 1. The van der Waals surface area contributed by atoms with E-state index < -0.39 is 5.41 Å². The van der Waals surface area contributed by atoms with E-state index in [0.29, 0.717) is 11.3 Å². The summed E-state index contributed by atoms with van der Waals surface area (Å²) in [4.78, 5) is 17.6. The first-order chi connectivity index (χ1) is 9.44. The van der Waals surface area contributed by atoms with Gasteiger partial charge in [-0.25, -0.2) is 4.39 Å². The number of pyridine rings is 1. The Hall–Kier alpha value is -2.23. The van der Waals surface area contributed by atoms with Crippen molar-refractivity contribution in [3.05, 3.63) is 48.0 Å². The summed E-state index contributed by atoms with van der Waals surface area (Å²) in [6, 6.07) is 7.09. The van der Waals surface area contributed by atoms with Crippen LogP contribution in [-0.2, 0) is 10.2 Å². The summed E-state index contributed by atoms with van der Waals surface area (Å²) in [6.45, 7) is 3.65. The van der Waals surface area contributed by atoms with E-state index in [0.717, 1.165) is 11.1 Å². The van der Waals surface area contributed by atoms with Crippen molar-refractivity contribution in [3.8, 4) is 11.1 Å². The lowest BCUT2D eigenvalue weighted by Gasteiger charge is -2.16. The number of anilines is 1. The number of hydrogen-bond acceptors (Lipinski definition) is 2. The van der Waals surface area contributed by atoms with Crippen molar-refractivity contribution < 1.29 is 9.18 Å². The van der Waals surface area contributed by atoms with Gasteiger partial charge in [-0.15, -0.1) is 0 Å². The maximum Gasteiger partial charge on any atom is 0.236 e. The van der Waals surface area contributed by atoms with Crippen molar-refractivity contribution in [2.24, 2.45) is 0 Å². The lowest BCUT2D eigenvalue weighted by atomic mass is 9.85. The fraction of sp³-hybridized carbons (Fsp3) is 0.250. The third kappa shape index (κ3) is 1.57. The lowest BCUT2D eigenvalue weighted by molar-refractivity contribution is -0.121. The molecule has 1 amide bonds. The van der Waals surface area contributed by atoms with Gasteiger partial charge in [-0.2, -0.15) is 0 Å². The zero-order chi connectivity index (χ0) is 14.5. The van der Waals surface area contributed by atoms with Gasteiger partial charge in [0.2, 0.25) is 5.91 Å². The molecule has 102 valence electrons. The molecule has 0 aliphatic carbocycles. The van der Waals surface area contributed by atoms with Crippen LogP contribution in [0.4, 0.5) is 10.1 Å². The summed E-state index contributed by atoms with van der Waals surface area (Å²) in [7, 11) is 1.62. The predicted molar refractivity (Wildman–Crippen MR) is 76.1 cm³/mol. The van der Waals surface area contributed by atoms with Crippen LogP contribution in [0.1, 0.15) is 19.4 Å². The molecule has 2 aromatic rings. The number of amides is 1. The summed E-state index contributed by atoms with van der Waals surface area (Å²) < 4.78 is 14.8. The Bertz CT molecular complexity index is 695. The summed E-state index contributed by atoms with van der Waals surface area (Å²) in [5, 5.41) is 0. The number of halogens is 1. The molecule has 0 saturated carbocycles. The summed E-state index contributed by atoms with van der Waals surface area (Å²) in [5.74, 6) is -0.437. The van der Waals surface area contributed by atoms with Crippen LogP contribution in [0.15, 0.2) is 36.7 Å². The number of rotatable bonds is 1. The second-order valence-electron chi connectivity index (χ2n) is 5.55. The Morgan fingerprint density at radius 1 is 1.15 bits per heavy atom. The largest absolute Gasteiger partial charge is 0.312 e. The number of carbonyl (C=O) groups is 1. The zero-order valence-corrected chi connectivity index (χ0v) is 11.6. The quantitative estimate of drug-likeness (QED) is 0.797. The minimum atomic E-state index is -0.679. The Morgan fingerprint density at radius 2 is 1.80 bits per heavy atom. The predicted octanol–water partition coefficient (Wildman–Crippen LogP) is 3.14. The Balaban J connectivity index is 2.25. The van der Waals surface area contributed by atoms with Crippen LogP contribution in [0.3, 0.4) is 0 Å². The van der Waals surface area contributed by atoms with E-state index in [9.17, 15) is 9.18 Å². The molecule has 2 heterocycles. The molecule has 0 atom stereocenters. The second kappa shape index (κ2) is 4.13. The molecule has 0 radical (unpaired) electrons. The van der Waals surface area contributed by atoms with Gasteiger partial charge in [0.1, 0.15) is 0 Å². The highest BCUT2D eigenvalue weighted by Crippen LogP contribution is 2.44. The molecule has 20 heavy (non-hydrogen) atoms. The maximum absolute atomic E-state index is 14.8. The molecule has 3 rings (SSSR count). The van der Waals surface area contributed by atoms with E-state index >= 15 is 0 Å². The monoisotopic (exact) mass is 270 g/mol. The number of likely N-dealkylation sites (N-methyl/N-ethyl adjacent to an activating group) is 1. The molecule has 3 nitrogen and oxygen atoms in total. The third-order valence-corrected chi connectivity index (χ3v) is 3.96. The molecule has 1 aromatic carbocycles. The number of nitrogens with zero attached hydrogens (tertiary/aromatic N) is 2. The van der Waals surface area contributed by atoms with Crippen molar-refractivity contribution in [2.45, 2.75) is 19.3 Å². The van der Waals surface area contributed by atoms with Gasteiger partial charge >= 0.3 is 0 Å².